The van der Waals surface area contributed by atoms with E-state index in [1.807, 2.05) is 6.92 Å². The summed E-state index contributed by atoms with van der Waals surface area (Å²) >= 11 is 0. The number of ether oxygens (including phenoxy) is 2. The van der Waals surface area contributed by atoms with Gasteiger partial charge in [0.2, 0.25) is 5.88 Å². The Hall–Kier alpha value is -1.56. The van der Waals surface area contributed by atoms with E-state index < -0.39 is 0 Å². The number of anilines is 2. The van der Waals surface area contributed by atoms with E-state index in [9.17, 15) is 0 Å². The molecule has 0 bridgehead atoms. The molecule has 0 spiro atoms. The summed E-state index contributed by atoms with van der Waals surface area (Å²) in [6.07, 6.45) is 6.09. The molecular weight excluding hydrogens is 268 g/mol. The van der Waals surface area contributed by atoms with Crippen LogP contribution in [0.2, 0.25) is 0 Å². The minimum Gasteiger partial charge on any atom is -0.474 e. The van der Waals surface area contributed by atoms with Crippen LogP contribution in [0.3, 0.4) is 0 Å². The summed E-state index contributed by atoms with van der Waals surface area (Å²) in [7, 11) is 1.64. The van der Waals surface area contributed by atoms with Gasteiger partial charge < -0.3 is 20.5 Å². The fourth-order valence-electron chi connectivity index (χ4n) is 2.64. The summed E-state index contributed by atoms with van der Waals surface area (Å²) in [4.78, 5) is 9.17. The molecule has 0 aromatic carbocycles. The molecule has 0 atom stereocenters. The van der Waals surface area contributed by atoms with Crippen LogP contribution in [0.5, 0.6) is 5.88 Å². The second-order valence-electron chi connectivity index (χ2n) is 5.36. The van der Waals surface area contributed by atoms with Gasteiger partial charge in [0.05, 0.1) is 6.61 Å². The highest BCUT2D eigenvalue weighted by molar-refractivity contribution is 5.67. The second kappa shape index (κ2) is 8.02. The van der Waals surface area contributed by atoms with Crippen LogP contribution in [0.4, 0.5) is 11.5 Å². The Kier molecular flexibility index (Phi) is 6.04. The molecule has 0 aliphatic heterocycles. The number of aromatic nitrogens is 2. The molecule has 6 nitrogen and oxygen atoms in total. The van der Waals surface area contributed by atoms with Gasteiger partial charge >= 0.3 is 0 Å². The molecule has 6 heteroatoms. The lowest BCUT2D eigenvalue weighted by atomic mass is 9.88. The van der Waals surface area contributed by atoms with Crippen LogP contribution in [-0.4, -0.2) is 36.8 Å². The number of nitrogens with one attached hydrogen (secondary N) is 1. The average Bonchev–Trinajstić information content (AvgIpc) is 2.52. The summed E-state index contributed by atoms with van der Waals surface area (Å²) in [5.41, 5.74) is 6.58. The van der Waals surface area contributed by atoms with E-state index in [0.717, 1.165) is 25.2 Å². The Morgan fingerprint density at radius 1 is 1.19 bits per heavy atom. The number of hydrogen-bond acceptors (Lipinski definition) is 6. The maximum Gasteiger partial charge on any atom is 0.242 e. The molecule has 1 aliphatic carbocycles. The SMILES string of the molecule is CCNc1nc(C2CCCCC2)nc(OCCOC)c1N. The van der Waals surface area contributed by atoms with Crippen molar-refractivity contribution in [3.63, 3.8) is 0 Å². The van der Waals surface area contributed by atoms with Crippen LogP contribution in [-0.2, 0) is 4.74 Å². The monoisotopic (exact) mass is 294 g/mol. The third-order valence-electron chi connectivity index (χ3n) is 3.77. The summed E-state index contributed by atoms with van der Waals surface area (Å²) in [5.74, 6) is 2.42. The highest BCUT2D eigenvalue weighted by Gasteiger charge is 2.21. The van der Waals surface area contributed by atoms with Crippen molar-refractivity contribution in [1.82, 2.24) is 9.97 Å². The van der Waals surface area contributed by atoms with Gasteiger partial charge in [-0.2, -0.15) is 4.98 Å². The quantitative estimate of drug-likeness (QED) is 0.752. The molecule has 0 unspecified atom stereocenters. The van der Waals surface area contributed by atoms with Gasteiger partial charge in [-0.15, -0.1) is 0 Å². The largest absolute Gasteiger partial charge is 0.474 e. The van der Waals surface area contributed by atoms with E-state index in [4.69, 9.17) is 15.2 Å². The van der Waals surface area contributed by atoms with Crippen molar-refractivity contribution in [2.45, 2.75) is 44.9 Å². The highest BCUT2D eigenvalue weighted by atomic mass is 16.5. The predicted octanol–water partition coefficient (Wildman–Crippen LogP) is 2.56. The molecule has 0 radical (unpaired) electrons. The van der Waals surface area contributed by atoms with Crippen molar-refractivity contribution in [2.24, 2.45) is 0 Å². The van der Waals surface area contributed by atoms with Crippen LogP contribution < -0.4 is 15.8 Å². The Morgan fingerprint density at radius 2 is 1.95 bits per heavy atom. The molecule has 1 aromatic heterocycles. The van der Waals surface area contributed by atoms with Crippen molar-refractivity contribution in [3.05, 3.63) is 5.82 Å². The average molecular weight is 294 g/mol. The summed E-state index contributed by atoms with van der Waals surface area (Å²) in [6, 6.07) is 0. The van der Waals surface area contributed by atoms with Gasteiger partial charge in [0.25, 0.3) is 0 Å². The Balaban J connectivity index is 2.22. The van der Waals surface area contributed by atoms with Gasteiger partial charge in [-0.25, -0.2) is 4.98 Å². The van der Waals surface area contributed by atoms with Crippen molar-refractivity contribution >= 4 is 11.5 Å². The summed E-state index contributed by atoms with van der Waals surface area (Å²) < 4.78 is 10.7. The molecular formula is C15H26N4O2. The first-order valence-corrected chi connectivity index (χ1v) is 7.79. The molecule has 1 aromatic rings. The Bertz CT molecular complexity index is 448. The highest BCUT2D eigenvalue weighted by Crippen LogP contribution is 2.34. The maximum atomic E-state index is 6.10. The number of nitrogens with two attached hydrogens (primary N) is 1. The minimum atomic E-state index is 0.418. The molecule has 2 rings (SSSR count). The fraction of sp³-hybridized carbons (Fsp3) is 0.733. The van der Waals surface area contributed by atoms with Gasteiger partial charge in [-0.1, -0.05) is 19.3 Å². The lowest BCUT2D eigenvalue weighted by molar-refractivity contribution is 0.144. The lowest BCUT2D eigenvalue weighted by Crippen LogP contribution is -2.15. The number of hydrogen-bond donors (Lipinski definition) is 2. The van der Waals surface area contributed by atoms with Crippen LogP contribution in [0.25, 0.3) is 0 Å². The van der Waals surface area contributed by atoms with E-state index in [-0.39, 0.29) is 0 Å². The van der Waals surface area contributed by atoms with E-state index in [1.54, 1.807) is 7.11 Å². The van der Waals surface area contributed by atoms with Crippen molar-refractivity contribution in [2.75, 3.05) is 37.9 Å². The molecule has 118 valence electrons. The Morgan fingerprint density at radius 3 is 2.62 bits per heavy atom. The topological polar surface area (TPSA) is 82.3 Å². The lowest BCUT2D eigenvalue weighted by Gasteiger charge is -2.22. The first-order valence-electron chi connectivity index (χ1n) is 7.79. The van der Waals surface area contributed by atoms with Gasteiger partial charge in [0.15, 0.2) is 5.82 Å². The van der Waals surface area contributed by atoms with Crippen molar-refractivity contribution in [1.29, 1.82) is 0 Å². The molecule has 0 amide bonds. The van der Waals surface area contributed by atoms with Crippen LogP contribution in [0.1, 0.15) is 50.8 Å². The molecule has 21 heavy (non-hydrogen) atoms. The standard InChI is InChI=1S/C15H26N4O2/c1-3-17-14-12(16)15(21-10-9-20-2)19-13(18-14)11-7-5-4-6-8-11/h11H,3-10,16H2,1-2H3,(H,17,18,19). The molecule has 1 fully saturated rings. The van der Waals surface area contributed by atoms with Gasteiger partial charge in [0.1, 0.15) is 18.1 Å². The molecule has 0 saturated heterocycles. The number of rotatable bonds is 7. The number of methoxy groups -OCH3 is 1. The number of nitrogens with zero attached hydrogens (tertiary/aromatic N) is 2. The molecule has 1 saturated carbocycles. The third-order valence-corrected chi connectivity index (χ3v) is 3.77. The van der Waals surface area contributed by atoms with Crippen molar-refractivity contribution < 1.29 is 9.47 Å². The smallest absolute Gasteiger partial charge is 0.242 e. The van der Waals surface area contributed by atoms with Gasteiger partial charge in [-0.3, -0.25) is 0 Å². The first-order chi connectivity index (χ1) is 10.3. The summed E-state index contributed by atoms with van der Waals surface area (Å²) in [6.45, 7) is 3.74. The van der Waals surface area contributed by atoms with E-state index in [0.29, 0.717) is 36.5 Å². The first kappa shape index (κ1) is 15.8. The van der Waals surface area contributed by atoms with E-state index in [1.165, 1.54) is 19.3 Å². The predicted molar refractivity (Wildman–Crippen MR) is 83.8 cm³/mol. The van der Waals surface area contributed by atoms with Crippen LogP contribution in [0.15, 0.2) is 0 Å². The molecule has 1 heterocycles. The van der Waals surface area contributed by atoms with Crippen LogP contribution >= 0.6 is 0 Å². The maximum absolute atomic E-state index is 6.10. The Labute approximate surface area is 126 Å². The van der Waals surface area contributed by atoms with Gasteiger partial charge in [0, 0.05) is 19.6 Å². The fourth-order valence-corrected chi connectivity index (χ4v) is 2.64. The van der Waals surface area contributed by atoms with Crippen molar-refractivity contribution in [3.8, 4) is 5.88 Å². The third kappa shape index (κ3) is 4.20. The summed E-state index contributed by atoms with van der Waals surface area (Å²) in [5, 5.41) is 3.20. The minimum absolute atomic E-state index is 0.418. The van der Waals surface area contributed by atoms with E-state index >= 15 is 0 Å². The normalized spacial score (nSPS) is 15.9. The zero-order valence-corrected chi connectivity index (χ0v) is 13.0. The zero-order chi connectivity index (χ0) is 15.1. The second-order valence-corrected chi connectivity index (χ2v) is 5.36. The zero-order valence-electron chi connectivity index (χ0n) is 13.0. The van der Waals surface area contributed by atoms with Gasteiger partial charge in [-0.05, 0) is 19.8 Å². The molecule has 1 aliphatic rings. The number of nitrogen functional groups attached to an aromatic ring is 1. The van der Waals surface area contributed by atoms with E-state index in [2.05, 4.69) is 15.3 Å². The molecule has 3 N–H and O–H groups in total. The van der Waals surface area contributed by atoms with Crippen LogP contribution in [0, 0.1) is 0 Å².